The molecule has 0 fully saturated rings. The van der Waals surface area contributed by atoms with Crippen LogP contribution in [0.15, 0.2) is 121 Å². The van der Waals surface area contributed by atoms with E-state index in [0.29, 0.717) is 58.4 Å². The van der Waals surface area contributed by atoms with Crippen molar-refractivity contribution in [1.82, 2.24) is 20.4 Å². The van der Waals surface area contributed by atoms with Gasteiger partial charge in [0.1, 0.15) is 23.6 Å². The van der Waals surface area contributed by atoms with Crippen molar-refractivity contribution in [2.75, 3.05) is 14.1 Å². The van der Waals surface area contributed by atoms with E-state index < -0.39 is 12.1 Å². The molecule has 4 amide bonds. The van der Waals surface area contributed by atoms with Gasteiger partial charge >= 0.3 is 0 Å². The molecule has 0 saturated heterocycles. The van der Waals surface area contributed by atoms with Gasteiger partial charge in [0.25, 0.3) is 11.8 Å². The van der Waals surface area contributed by atoms with Crippen LogP contribution in [0.4, 0.5) is 0 Å². The number of hydrogen-bond donors (Lipinski definition) is 2. The molecule has 60 heavy (non-hydrogen) atoms. The smallest absolute Gasteiger partial charge is 0.258 e. The van der Waals surface area contributed by atoms with Crippen LogP contribution in [0.25, 0.3) is 0 Å². The number of nitrogens with zero attached hydrogens (tertiary/aromatic N) is 2. The third kappa shape index (κ3) is 12.2. The first-order chi connectivity index (χ1) is 28.7. The van der Waals surface area contributed by atoms with Crippen molar-refractivity contribution < 1.29 is 28.7 Å². The van der Waals surface area contributed by atoms with E-state index >= 15 is 0 Å². The van der Waals surface area contributed by atoms with Crippen LogP contribution in [-0.2, 0) is 9.59 Å². The molecule has 12 heteroatoms. The minimum atomic E-state index is -0.656. The lowest BCUT2D eigenvalue weighted by molar-refractivity contribution is -0.126. The Kier molecular flexibility index (Phi) is 16.4. The second kappa shape index (κ2) is 21.6. The maximum Gasteiger partial charge on any atom is 0.258 e. The predicted molar refractivity (Wildman–Crippen MR) is 238 cm³/mol. The summed E-state index contributed by atoms with van der Waals surface area (Å²) < 4.78 is 12.1. The Morgan fingerprint density at radius 3 is 1.27 bits per heavy atom. The standard InChI is InChI=1S/2C24H27ClN2O3/c2*1-16-9-4-6-13-21(18-10-8-11-19(25)15-18)26-23(28)17(2)27(3)24(29)20-12-5-7-14-22(20)30-16/h2*4-8,10-12,14-17,21H,9,13H2,1-3H3,(H,26,28)/b6-4+;6-4-/t2*16-,17-,21+/m11/s1. The molecular weight excluding hydrogens is 799 g/mol. The largest absolute Gasteiger partial charge is 0.490 e. The number of hydrogen-bond acceptors (Lipinski definition) is 6. The zero-order chi connectivity index (χ0) is 43.3. The van der Waals surface area contributed by atoms with Gasteiger partial charge in [-0.15, -0.1) is 0 Å². The number of para-hydroxylation sites is 2. The molecule has 10 nitrogen and oxygen atoms in total. The van der Waals surface area contributed by atoms with Gasteiger partial charge in [0, 0.05) is 37.0 Å². The Morgan fingerprint density at radius 2 is 0.883 bits per heavy atom. The highest BCUT2D eigenvalue weighted by Gasteiger charge is 2.29. The van der Waals surface area contributed by atoms with Crippen molar-refractivity contribution in [3.8, 4) is 11.5 Å². The van der Waals surface area contributed by atoms with E-state index in [1.807, 2.05) is 86.7 Å². The van der Waals surface area contributed by atoms with Crippen LogP contribution in [0, 0.1) is 0 Å². The van der Waals surface area contributed by atoms with Gasteiger partial charge in [-0.05, 0) is 100 Å². The normalized spacial score (nSPS) is 24.3. The van der Waals surface area contributed by atoms with Crippen molar-refractivity contribution in [3.05, 3.63) is 154 Å². The molecule has 4 aromatic carbocycles. The maximum absolute atomic E-state index is 13.1. The Hall–Kier alpha value is -5.58. The minimum Gasteiger partial charge on any atom is -0.490 e. The fraction of sp³-hybridized carbons (Fsp3) is 0.333. The van der Waals surface area contributed by atoms with Crippen molar-refractivity contribution in [1.29, 1.82) is 0 Å². The molecule has 2 heterocycles. The number of nitrogens with one attached hydrogen (secondary N) is 2. The number of rotatable bonds is 2. The monoisotopic (exact) mass is 852 g/mol. The van der Waals surface area contributed by atoms with Crippen molar-refractivity contribution in [3.63, 3.8) is 0 Å². The Bertz CT molecular complexity index is 2040. The zero-order valence-electron chi connectivity index (χ0n) is 34.9. The lowest BCUT2D eigenvalue weighted by Gasteiger charge is -2.28. The molecule has 0 spiro atoms. The second-order valence-electron chi connectivity index (χ2n) is 15.2. The first kappa shape index (κ1) is 45.5. The summed E-state index contributed by atoms with van der Waals surface area (Å²) in [6.07, 6.45) is 10.6. The quantitative estimate of drug-likeness (QED) is 0.194. The molecule has 0 bridgehead atoms. The third-order valence-electron chi connectivity index (χ3n) is 10.6. The first-order valence-electron chi connectivity index (χ1n) is 20.2. The average molecular weight is 854 g/mol. The van der Waals surface area contributed by atoms with Crippen molar-refractivity contribution in [2.45, 2.75) is 89.8 Å². The lowest BCUT2D eigenvalue weighted by atomic mass is 10.0. The molecule has 6 atom stereocenters. The van der Waals surface area contributed by atoms with Gasteiger partial charge in [0.15, 0.2) is 0 Å². The molecule has 2 N–H and O–H groups in total. The van der Waals surface area contributed by atoms with E-state index in [-0.39, 0.29) is 47.9 Å². The van der Waals surface area contributed by atoms with Gasteiger partial charge < -0.3 is 29.9 Å². The van der Waals surface area contributed by atoms with Crippen molar-refractivity contribution >= 4 is 46.8 Å². The molecule has 0 unspecified atom stereocenters. The number of halogens is 2. The highest BCUT2D eigenvalue weighted by atomic mass is 35.5. The van der Waals surface area contributed by atoms with Gasteiger partial charge in [-0.1, -0.05) is 96.0 Å². The van der Waals surface area contributed by atoms with Crippen LogP contribution >= 0.6 is 23.2 Å². The Morgan fingerprint density at radius 1 is 0.517 bits per heavy atom. The molecule has 0 aliphatic carbocycles. The fourth-order valence-corrected chi connectivity index (χ4v) is 7.13. The summed E-state index contributed by atoms with van der Waals surface area (Å²) in [5.74, 6) is 0.0780. The van der Waals surface area contributed by atoms with Crippen LogP contribution < -0.4 is 20.1 Å². The van der Waals surface area contributed by atoms with Gasteiger partial charge in [-0.25, -0.2) is 0 Å². The van der Waals surface area contributed by atoms with Crippen LogP contribution in [0.5, 0.6) is 11.5 Å². The molecule has 4 aromatic rings. The molecule has 0 radical (unpaired) electrons. The molecule has 316 valence electrons. The molecule has 0 aromatic heterocycles. The molecule has 0 saturated carbocycles. The molecule has 2 aliphatic heterocycles. The van der Waals surface area contributed by atoms with E-state index in [9.17, 15) is 19.2 Å². The van der Waals surface area contributed by atoms with Crippen LogP contribution in [0.3, 0.4) is 0 Å². The summed E-state index contributed by atoms with van der Waals surface area (Å²) in [7, 11) is 3.26. The number of amides is 4. The topological polar surface area (TPSA) is 117 Å². The zero-order valence-corrected chi connectivity index (χ0v) is 36.5. The molecule has 6 rings (SSSR count). The van der Waals surface area contributed by atoms with E-state index in [0.717, 1.165) is 11.1 Å². The number of carbonyl (C=O) groups excluding carboxylic acids is 4. The molecular formula is C48H54Cl2N4O6. The summed E-state index contributed by atoms with van der Waals surface area (Å²) in [5.41, 5.74) is 2.73. The minimum absolute atomic E-state index is 0.0971. The Labute approximate surface area is 363 Å². The fourth-order valence-electron chi connectivity index (χ4n) is 6.73. The van der Waals surface area contributed by atoms with Crippen LogP contribution in [0.1, 0.15) is 97.3 Å². The van der Waals surface area contributed by atoms with Gasteiger partial charge in [-0.3, -0.25) is 19.2 Å². The highest BCUT2D eigenvalue weighted by Crippen LogP contribution is 2.27. The predicted octanol–water partition coefficient (Wildman–Crippen LogP) is 9.55. The number of fused-ring (bicyclic) bond motifs is 2. The van der Waals surface area contributed by atoms with Crippen LogP contribution in [0.2, 0.25) is 10.0 Å². The summed E-state index contributed by atoms with van der Waals surface area (Å²) in [4.78, 5) is 55.0. The number of carbonyl (C=O) groups is 4. The van der Waals surface area contributed by atoms with E-state index in [1.165, 1.54) is 9.80 Å². The summed E-state index contributed by atoms with van der Waals surface area (Å²) in [6.45, 7) is 7.38. The lowest BCUT2D eigenvalue weighted by Crippen LogP contribution is -2.47. The average Bonchev–Trinajstić information content (AvgIpc) is 3.24. The summed E-state index contributed by atoms with van der Waals surface area (Å²) in [5, 5.41) is 7.38. The summed E-state index contributed by atoms with van der Waals surface area (Å²) >= 11 is 12.3. The van der Waals surface area contributed by atoms with E-state index in [4.69, 9.17) is 32.7 Å². The molecule has 2 aliphatic rings. The SMILES string of the molecule is C[C@@H]1C/C=C/C[C@@H](c2cccc(Cl)c2)NC(=O)[C@@H](C)N(C)C(=O)c2ccccc2O1.C[C@@H]1C/C=C\C[C@@H](c2cccc(Cl)c2)NC(=O)[C@@H](C)N(C)C(=O)c2ccccc2O1. The van der Waals surface area contributed by atoms with Gasteiger partial charge in [0.2, 0.25) is 11.8 Å². The number of likely N-dealkylation sites (N-methyl/N-ethyl adjacent to an activating group) is 2. The number of ether oxygens (including phenoxy) is 2. The van der Waals surface area contributed by atoms with Crippen LogP contribution in [-0.4, -0.2) is 71.8 Å². The Balaban J connectivity index is 0.000000228. The van der Waals surface area contributed by atoms with Gasteiger partial charge in [0.05, 0.1) is 35.4 Å². The van der Waals surface area contributed by atoms with Gasteiger partial charge in [-0.2, -0.15) is 0 Å². The van der Waals surface area contributed by atoms with E-state index in [2.05, 4.69) is 10.6 Å². The summed E-state index contributed by atoms with van der Waals surface area (Å²) in [6, 6.07) is 27.4. The van der Waals surface area contributed by atoms with E-state index in [1.54, 1.807) is 76.5 Å². The number of benzene rings is 4. The second-order valence-corrected chi connectivity index (χ2v) is 16.0. The first-order valence-corrected chi connectivity index (χ1v) is 21.0. The van der Waals surface area contributed by atoms with Crippen molar-refractivity contribution in [2.24, 2.45) is 0 Å². The highest BCUT2D eigenvalue weighted by molar-refractivity contribution is 6.30. The maximum atomic E-state index is 13.1. The third-order valence-corrected chi connectivity index (χ3v) is 11.1.